The van der Waals surface area contributed by atoms with E-state index in [-0.39, 0.29) is 5.88 Å². The van der Waals surface area contributed by atoms with Crippen molar-refractivity contribution in [3.8, 4) is 5.88 Å². The number of hydrogen-bond donors (Lipinski definition) is 1. The number of aromatic nitrogens is 1. The number of rotatable bonds is 3. The summed E-state index contributed by atoms with van der Waals surface area (Å²) in [6.07, 6.45) is 3.65. The van der Waals surface area contributed by atoms with E-state index in [1.54, 1.807) is 0 Å². The van der Waals surface area contributed by atoms with E-state index in [1.165, 1.54) is 28.3 Å². The van der Waals surface area contributed by atoms with Gasteiger partial charge in [-0.15, -0.1) is 0 Å². The summed E-state index contributed by atoms with van der Waals surface area (Å²) in [4.78, 5) is 6.98. The summed E-state index contributed by atoms with van der Waals surface area (Å²) >= 11 is 0. The van der Waals surface area contributed by atoms with E-state index in [1.807, 2.05) is 6.07 Å². The third kappa shape index (κ3) is 4.37. The lowest BCUT2D eigenvalue weighted by molar-refractivity contribution is 0.270. The van der Waals surface area contributed by atoms with Crippen molar-refractivity contribution in [1.29, 1.82) is 0 Å². The van der Waals surface area contributed by atoms with E-state index in [0.717, 1.165) is 62.1 Å². The van der Waals surface area contributed by atoms with E-state index >= 15 is 0 Å². The van der Waals surface area contributed by atoms with Gasteiger partial charge in [-0.2, -0.15) is 8.42 Å². The number of benzene rings is 1. The first-order chi connectivity index (χ1) is 13.8. The fraction of sp³-hybridized carbons (Fsp3) is 0.409. The molecule has 1 saturated heterocycles. The van der Waals surface area contributed by atoms with Gasteiger partial charge in [0, 0.05) is 24.7 Å². The van der Waals surface area contributed by atoms with Crippen molar-refractivity contribution in [1.82, 2.24) is 9.88 Å². The molecule has 1 fully saturated rings. The normalized spacial score (nSPS) is 17.5. The second kappa shape index (κ2) is 7.89. The van der Waals surface area contributed by atoms with Crippen molar-refractivity contribution < 1.29 is 17.2 Å². The van der Waals surface area contributed by atoms with E-state index in [9.17, 15) is 8.42 Å². The molecule has 1 N–H and O–H groups in total. The van der Waals surface area contributed by atoms with Crippen LogP contribution in [0.2, 0.25) is 0 Å². The summed E-state index contributed by atoms with van der Waals surface area (Å²) < 4.78 is 36.2. The molecule has 6 nitrogen and oxygen atoms in total. The van der Waals surface area contributed by atoms with Crippen LogP contribution >= 0.6 is 0 Å². The first-order valence-corrected chi connectivity index (χ1v) is 11.4. The molecule has 2 heterocycles. The Hall–Kier alpha value is -2.22. The lowest BCUT2D eigenvalue weighted by Gasteiger charge is -2.29. The number of likely N-dealkylation sites (tertiary alicyclic amines) is 1. The van der Waals surface area contributed by atoms with Gasteiger partial charge in [-0.25, -0.2) is 4.98 Å². The first kappa shape index (κ1) is 20.1. The highest BCUT2D eigenvalue weighted by atomic mass is 32.3. The van der Waals surface area contributed by atoms with Gasteiger partial charge < -0.3 is 9.08 Å². The summed E-state index contributed by atoms with van der Waals surface area (Å²) in [6.45, 7) is 7.33. The Morgan fingerprint density at radius 2 is 1.79 bits per heavy atom. The smallest absolute Gasteiger partial charge is 0.341 e. The molecule has 0 saturated carbocycles. The number of hydrogen-bond acceptors (Lipinski definition) is 5. The third-order valence-electron chi connectivity index (χ3n) is 5.83. The average molecular weight is 415 g/mol. The van der Waals surface area contributed by atoms with Crippen LogP contribution in [-0.4, -0.2) is 42.5 Å². The second-order valence-electron chi connectivity index (χ2n) is 7.74. The van der Waals surface area contributed by atoms with Crippen molar-refractivity contribution in [3.63, 3.8) is 0 Å². The largest absolute Gasteiger partial charge is 0.447 e. The van der Waals surface area contributed by atoms with Gasteiger partial charge in [-0.05, 0) is 55.8 Å². The zero-order valence-corrected chi connectivity index (χ0v) is 17.6. The van der Waals surface area contributed by atoms with E-state index in [0.29, 0.717) is 0 Å². The van der Waals surface area contributed by atoms with Crippen LogP contribution in [0.5, 0.6) is 5.88 Å². The number of pyridine rings is 1. The fourth-order valence-corrected chi connectivity index (χ4v) is 4.67. The van der Waals surface area contributed by atoms with E-state index < -0.39 is 10.4 Å². The van der Waals surface area contributed by atoms with E-state index in [4.69, 9.17) is 4.55 Å². The van der Waals surface area contributed by atoms with Gasteiger partial charge in [0.25, 0.3) is 0 Å². The molecule has 0 bridgehead atoms. The predicted molar refractivity (Wildman–Crippen MR) is 112 cm³/mol. The zero-order chi connectivity index (χ0) is 20.6. The molecule has 0 radical (unpaired) electrons. The number of nitrogens with zero attached hydrogens (tertiary/aromatic N) is 2. The number of piperidine rings is 1. The Morgan fingerprint density at radius 1 is 1.07 bits per heavy atom. The molecular weight excluding hydrogens is 388 g/mol. The SMILES string of the molecule is CCN1CCC(=C2c3ccc(C)cc3CCc3ccc(OS(=O)(=O)O)nc32)CC1. The molecule has 1 aliphatic heterocycles. The van der Waals surface area contributed by atoms with Gasteiger partial charge in [0.1, 0.15) is 0 Å². The van der Waals surface area contributed by atoms with Crippen LogP contribution in [0.4, 0.5) is 0 Å². The molecule has 154 valence electrons. The molecule has 1 aromatic heterocycles. The lowest BCUT2D eigenvalue weighted by atomic mass is 9.88. The van der Waals surface area contributed by atoms with Crippen LogP contribution in [-0.2, 0) is 23.2 Å². The van der Waals surface area contributed by atoms with Gasteiger partial charge in [-0.3, -0.25) is 4.55 Å². The van der Waals surface area contributed by atoms with Gasteiger partial charge in [-0.1, -0.05) is 42.3 Å². The molecule has 0 unspecified atom stereocenters. The molecule has 0 atom stereocenters. The van der Waals surface area contributed by atoms with Crippen LogP contribution in [0.25, 0.3) is 5.57 Å². The minimum absolute atomic E-state index is 0.106. The Bertz CT molecular complexity index is 1070. The maximum atomic E-state index is 11.2. The molecule has 2 aliphatic rings. The van der Waals surface area contributed by atoms with Crippen LogP contribution in [0.3, 0.4) is 0 Å². The zero-order valence-electron chi connectivity index (χ0n) is 16.8. The standard InChI is InChI=1S/C22H26N2O4S/c1-3-24-12-10-16(11-13-24)21-19-8-4-15(2)14-18(19)6-5-17-7-9-20(23-22(17)21)28-29(25,26)27/h4,7-9,14H,3,5-6,10-13H2,1-2H3,(H,25,26,27). The summed E-state index contributed by atoms with van der Waals surface area (Å²) in [5.74, 6) is -0.106. The Morgan fingerprint density at radius 3 is 2.48 bits per heavy atom. The Balaban J connectivity index is 1.88. The molecule has 0 amide bonds. The maximum Gasteiger partial charge on any atom is 0.447 e. The molecule has 4 rings (SSSR count). The maximum absolute atomic E-state index is 11.2. The lowest BCUT2D eigenvalue weighted by Crippen LogP contribution is -2.30. The van der Waals surface area contributed by atoms with Crippen molar-refractivity contribution in [3.05, 3.63) is 63.9 Å². The van der Waals surface area contributed by atoms with Crippen LogP contribution in [0.15, 0.2) is 35.9 Å². The highest BCUT2D eigenvalue weighted by Gasteiger charge is 2.26. The van der Waals surface area contributed by atoms with Crippen LogP contribution < -0.4 is 4.18 Å². The minimum Gasteiger partial charge on any atom is -0.341 e. The summed E-state index contributed by atoms with van der Waals surface area (Å²) in [5, 5.41) is 0. The monoisotopic (exact) mass is 414 g/mol. The molecule has 1 aliphatic carbocycles. The Labute approximate surface area is 172 Å². The molecular formula is C22H26N2O4S. The van der Waals surface area contributed by atoms with Crippen LogP contribution in [0.1, 0.15) is 47.7 Å². The van der Waals surface area contributed by atoms with Crippen molar-refractivity contribution >= 4 is 16.0 Å². The third-order valence-corrected chi connectivity index (χ3v) is 6.22. The van der Waals surface area contributed by atoms with Crippen molar-refractivity contribution in [2.45, 2.75) is 39.5 Å². The molecule has 0 spiro atoms. The fourth-order valence-electron chi connectivity index (χ4n) is 4.36. The molecule has 29 heavy (non-hydrogen) atoms. The molecule has 2 aromatic rings. The van der Waals surface area contributed by atoms with Gasteiger partial charge in [0.05, 0.1) is 5.69 Å². The average Bonchev–Trinajstić information content (AvgIpc) is 2.83. The summed E-state index contributed by atoms with van der Waals surface area (Å²) in [6, 6.07) is 9.88. The summed E-state index contributed by atoms with van der Waals surface area (Å²) in [7, 11) is -4.62. The topological polar surface area (TPSA) is 79.7 Å². The summed E-state index contributed by atoms with van der Waals surface area (Å²) in [5.41, 5.74) is 7.98. The number of fused-ring (bicyclic) bond motifs is 2. The van der Waals surface area contributed by atoms with Gasteiger partial charge in [0.15, 0.2) is 0 Å². The highest BCUT2D eigenvalue weighted by molar-refractivity contribution is 7.81. The van der Waals surface area contributed by atoms with E-state index in [2.05, 4.69) is 46.1 Å². The molecule has 1 aromatic carbocycles. The van der Waals surface area contributed by atoms with Crippen molar-refractivity contribution in [2.24, 2.45) is 0 Å². The van der Waals surface area contributed by atoms with Gasteiger partial charge in [0.2, 0.25) is 5.88 Å². The number of aryl methyl sites for hydroxylation is 3. The first-order valence-electron chi connectivity index (χ1n) is 10.1. The predicted octanol–water partition coefficient (Wildman–Crippen LogP) is 3.59. The Kier molecular flexibility index (Phi) is 5.46. The minimum atomic E-state index is -4.62. The molecule has 7 heteroatoms. The quantitative estimate of drug-likeness (QED) is 0.774. The highest BCUT2D eigenvalue weighted by Crippen LogP contribution is 2.38. The van der Waals surface area contributed by atoms with Gasteiger partial charge >= 0.3 is 10.4 Å². The second-order valence-corrected chi connectivity index (χ2v) is 8.76. The van der Waals surface area contributed by atoms with Crippen molar-refractivity contribution in [2.75, 3.05) is 19.6 Å². The van der Waals surface area contributed by atoms with Crippen LogP contribution in [0, 0.1) is 6.92 Å².